The van der Waals surface area contributed by atoms with Crippen molar-refractivity contribution in [1.29, 1.82) is 0 Å². The van der Waals surface area contributed by atoms with Gasteiger partial charge in [-0.25, -0.2) is 19.8 Å². The molecule has 0 saturated carbocycles. The van der Waals surface area contributed by atoms with Crippen molar-refractivity contribution < 1.29 is 19.0 Å². The molecule has 6 heterocycles. The number of fused-ring (bicyclic) bond motifs is 3. The van der Waals surface area contributed by atoms with Crippen molar-refractivity contribution in [2.45, 2.75) is 43.9 Å². The van der Waals surface area contributed by atoms with E-state index in [1.165, 1.54) is 0 Å². The van der Waals surface area contributed by atoms with Crippen molar-refractivity contribution in [2.24, 2.45) is 4.99 Å². The molecule has 38 heavy (non-hydrogen) atoms. The summed E-state index contributed by atoms with van der Waals surface area (Å²) in [6.07, 6.45) is 6.72. The number of nitrogens with one attached hydrogen (secondary N) is 3. The van der Waals surface area contributed by atoms with E-state index in [9.17, 15) is 4.79 Å². The maximum Gasteiger partial charge on any atom is 0.413 e. The number of amides is 1. The molecule has 11 nitrogen and oxygen atoms in total. The van der Waals surface area contributed by atoms with Gasteiger partial charge in [-0.15, -0.1) is 0 Å². The molecular weight excluding hydrogens is 486 g/mol. The number of anilines is 1. The van der Waals surface area contributed by atoms with Gasteiger partial charge >= 0.3 is 6.09 Å². The normalized spacial score (nSPS) is 24.0. The lowest BCUT2D eigenvalue weighted by atomic mass is 9.83. The number of benzene rings is 1. The number of aromatic amines is 1. The standard InChI is InChI=1S/C27H29N7O4/c1-16-11-18(12-20-23(16)32-24(31-20)17-4-10-36-14-17)37-22-13-21(29-15-30-22)34-8-5-27(6-9-34)19-3-2-7-28-25(19)33-26(35)38-27/h2-3,7,11-13,15,17,22H,4-6,8-10,14H2,1H3,(H,29,30)(H,31,32)(H,28,33,35). The average Bonchev–Trinajstić information content (AvgIpc) is 3.60. The molecule has 4 aliphatic heterocycles. The molecule has 3 aromatic rings. The van der Waals surface area contributed by atoms with Crippen molar-refractivity contribution >= 4 is 29.3 Å². The summed E-state index contributed by atoms with van der Waals surface area (Å²) < 4.78 is 17.6. The molecule has 1 amide bonds. The Morgan fingerprint density at radius 1 is 1.24 bits per heavy atom. The van der Waals surface area contributed by atoms with E-state index >= 15 is 0 Å². The summed E-state index contributed by atoms with van der Waals surface area (Å²) in [6, 6.07) is 7.85. The molecule has 7 rings (SSSR count). The SMILES string of the molecule is Cc1cc(OC2C=C(N3CCC4(CC3)OC(=O)Nc3ncccc34)NC=N2)cc2[nH]c(C3CCOC3)nc12. The molecule has 196 valence electrons. The number of H-pyrrole nitrogens is 1. The van der Waals surface area contributed by atoms with Crippen molar-refractivity contribution in [2.75, 3.05) is 31.6 Å². The Morgan fingerprint density at radius 3 is 2.97 bits per heavy atom. The predicted molar refractivity (Wildman–Crippen MR) is 140 cm³/mol. The number of carbonyl (C=O) groups excluding carboxylic acids is 1. The van der Waals surface area contributed by atoms with Gasteiger partial charge in [-0.05, 0) is 37.1 Å². The Morgan fingerprint density at radius 2 is 2.13 bits per heavy atom. The maximum absolute atomic E-state index is 12.2. The number of aromatic nitrogens is 3. The van der Waals surface area contributed by atoms with Gasteiger partial charge in [0.1, 0.15) is 28.8 Å². The van der Waals surface area contributed by atoms with E-state index in [4.69, 9.17) is 19.2 Å². The lowest BCUT2D eigenvalue weighted by Crippen LogP contribution is -2.49. The highest BCUT2D eigenvalue weighted by atomic mass is 16.6. The first-order chi connectivity index (χ1) is 18.6. The second kappa shape index (κ2) is 9.02. The number of rotatable bonds is 4. The third-order valence-corrected chi connectivity index (χ3v) is 7.80. The van der Waals surface area contributed by atoms with Gasteiger partial charge in [-0.1, -0.05) is 0 Å². The highest BCUT2D eigenvalue weighted by molar-refractivity contribution is 5.87. The fourth-order valence-electron chi connectivity index (χ4n) is 5.80. The van der Waals surface area contributed by atoms with Crippen molar-refractivity contribution in [3.8, 4) is 5.75 Å². The second-order valence-corrected chi connectivity index (χ2v) is 10.2. The highest BCUT2D eigenvalue weighted by Crippen LogP contribution is 2.43. The predicted octanol–water partition coefficient (Wildman–Crippen LogP) is 3.50. The maximum atomic E-state index is 12.2. The Balaban J connectivity index is 1.06. The zero-order valence-electron chi connectivity index (χ0n) is 21.1. The first kappa shape index (κ1) is 23.0. The molecule has 2 saturated heterocycles. The van der Waals surface area contributed by atoms with E-state index in [-0.39, 0.29) is 0 Å². The Kier molecular flexibility index (Phi) is 5.46. The van der Waals surface area contributed by atoms with Crippen LogP contribution in [0.15, 0.2) is 47.4 Å². The summed E-state index contributed by atoms with van der Waals surface area (Å²) in [6.45, 7) is 4.94. The number of hydrogen-bond donors (Lipinski definition) is 3. The molecule has 2 atom stereocenters. The number of pyridine rings is 1. The lowest BCUT2D eigenvalue weighted by Gasteiger charge is -2.45. The molecule has 0 radical (unpaired) electrons. The van der Waals surface area contributed by atoms with Crippen molar-refractivity contribution in [3.63, 3.8) is 0 Å². The number of carbonyl (C=O) groups is 1. The van der Waals surface area contributed by atoms with Crippen molar-refractivity contribution in [1.82, 2.24) is 25.2 Å². The summed E-state index contributed by atoms with van der Waals surface area (Å²) in [5.74, 6) is 3.53. The first-order valence-corrected chi connectivity index (χ1v) is 13.0. The van der Waals surface area contributed by atoms with E-state index < -0.39 is 17.9 Å². The van der Waals surface area contributed by atoms with E-state index in [2.05, 4.69) is 30.5 Å². The average molecular weight is 516 g/mol. The van der Waals surface area contributed by atoms with Crippen LogP contribution in [-0.4, -0.2) is 64.8 Å². The first-order valence-electron chi connectivity index (χ1n) is 13.0. The summed E-state index contributed by atoms with van der Waals surface area (Å²) >= 11 is 0. The highest BCUT2D eigenvalue weighted by Gasteiger charge is 2.45. The van der Waals surface area contributed by atoms with Gasteiger partial charge in [0, 0.05) is 62.4 Å². The summed E-state index contributed by atoms with van der Waals surface area (Å²) in [5.41, 5.74) is 3.23. The van der Waals surface area contributed by atoms with Crippen LogP contribution in [0, 0.1) is 6.92 Å². The van der Waals surface area contributed by atoms with Crippen LogP contribution in [0.4, 0.5) is 10.6 Å². The third-order valence-electron chi connectivity index (χ3n) is 7.80. The second-order valence-electron chi connectivity index (χ2n) is 10.2. The number of nitrogens with zero attached hydrogens (tertiary/aromatic N) is 4. The van der Waals surface area contributed by atoms with E-state index in [0.717, 1.165) is 52.6 Å². The Hall–Kier alpha value is -4.12. The van der Waals surface area contributed by atoms with Crippen LogP contribution in [0.5, 0.6) is 5.75 Å². The number of aliphatic imine (C=N–C) groups is 1. The van der Waals surface area contributed by atoms with Crippen LogP contribution >= 0.6 is 0 Å². The van der Waals surface area contributed by atoms with Gasteiger partial charge < -0.3 is 29.4 Å². The van der Waals surface area contributed by atoms with Crippen molar-refractivity contribution in [3.05, 3.63) is 59.3 Å². The van der Waals surface area contributed by atoms with Gasteiger partial charge in [-0.3, -0.25) is 5.32 Å². The van der Waals surface area contributed by atoms with Gasteiger partial charge in [0.25, 0.3) is 0 Å². The molecular formula is C27H29N7O4. The molecule has 11 heteroatoms. The third kappa shape index (κ3) is 4.03. The molecule has 2 unspecified atom stereocenters. The molecule has 3 N–H and O–H groups in total. The van der Waals surface area contributed by atoms with E-state index in [1.54, 1.807) is 12.5 Å². The minimum atomic E-state index is -0.665. The number of imidazole rings is 1. The van der Waals surface area contributed by atoms with Gasteiger partial charge in [0.05, 0.1) is 24.0 Å². The van der Waals surface area contributed by atoms with Crippen LogP contribution in [0.1, 0.15) is 42.1 Å². The smallest absolute Gasteiger partial charge is 0.413 e. The van der Waals surface area contributed by atoms with Crippen LogP contribution < -0.4 is 15.4 Å². The number of ether oxygens (including phenoxy) is 3. The van der Waals surface area contributed by atoms with E-state index in [0.29, 0.717) is 44.3 Å². The van der Waals surface area contributed by atoms with Gasteiger partial charge in [0.2, 0.25) is 6.23 Å². The summed E-state index contributed by atoms with van der Waals surface area (Å²) in [5, 5.41) is 5.96. The van der Waals surface area contributed by atoms with E-state index in [1.807, 2.05) is 37.3 Å². The quantitative estimate of drug-likeness (QED) is 0.482. The van der Waals surface area contributed by atoms with Crippen LogP contribution in [0.2, 0.25) is 0 Å². The lowest BCUT2D eigenvalue weighted by molar-refractivity contribution is -0.0331. The minimum Gasteiger partial charge on any atom is -0.465 e. The fraction of sp³-hybridized carbons (Fsp3) is 0.407. The summed E-state index contributed by atoms with van der Waals surface area (Å²) in [7, 11) is 0. The number of piperidine rings is 1. The van der Waals surface area contributed by atoms with Crippen LogP contribution in [-0.2, 0) is 15.1 Å². The zero-order chi connectivity index (χ0) is 25.7. The molecule has 1 spiro atoms. The van der Waals surface area contributed by atoms with Crippen LogP contribution in [0.3, 0.4) is 0 Å². The Bertz CT molecular complexity index is 1450. The number of hydrogen-bond acceptors (Lipinski definition) is 9. The molecule has 0 bridgehead atoms. The zero-order valence-corrected chi connectivity index (χ0v) is 21.1. The monoisotopic (exact) mass is 515 g/mol. The largest absolute Gasteiger partial charge is 0.465 e. The van der Waals surface area contributed by atoms with Gasteiger partial charge in [-0.2, -0.15) is 0 Å². The minimum absolute atomic E-state index is 0.312. The Labute approximate surface area is 219 Å². The molecule has 2 aromatic heterocycles. The molecule has 4 aliphatic rings. The topological polar surface area (TPSA) is 126 Å². The molecule has 2 fully saturated rings. The molecule has 1 aromatic carbocycles. The van der Waals surface area contributed by atoms with Crippen LogP contribution in [0.25, 0.3) is 11.0 Å². The molecule has 0 aliphatic carbocycles. The number of likely N-dealkylation sites (tertiary alicyclic amines) is 1. The number of aryl methyl sites for hydroxylation is 1. The van der Waals surface area contributed by atoms with Gasteiger partial charge in [0.15, 0.2) is 0 Å². The summed E-state index contributed by atoms with van der Waals surface area (Å²) in [4.78, 5) is 31.5. The fourth-order valence-corrected chi connectivity index (χ4v) is 5.80.